The molecule has 0 aromatic carbocycles. The maximum Gasteiger partial charge on any atom is 0.146 e. The molecule has 0 spiro atoms. The van der Waals surface area contributed by atoms with Crippen molar-refractivity contribution in [3.05, 3.63) is 18.3 Å². The highest BCUT2D eigenvalue weighted by atomic mass is 15.3. The first-order valence-electron chi connectivity index (χ1n) is 5.49. The Morgan fingerprint density at radius 1 is 1.33 bits per heavy atom. The van der Waals surface area contributed by atoms with E-state index in [0.29, 0.717) is 5.82 Å². The van der Waals surface area contributed by atoms with Gasteiger partial charge in [0.25, 0.3) is 0 Å². The van der Waals surface area contributed by atoms with Crippen LogP contribution in [0.5, 0.6) is 0 Å². The maximum absolute atomic E-state index is 5.85. The molecule has 0 amide bonds. The number of piperazine rings is 1. The molecule has 2 rings (SSSR count). The SMILES string of the molecule is CCN1CCN(c2cccnc2N)CC1. The summed E-state index contributed by atoms with van der Waals surface area (Å²) in [6, 6.07) is 3.99. The number of anilines is 2. The summed E-state index contributed by atoms with van der Waals surface area (Å²) in [5.41, 5.74) is 6.93. The molecule has 1 fully saturated rings. The maximum atomic E-state index is 5.85. The van der Waals surface area contributed by atoms with Crippen LogP contribution >= 0.6 is 0 Å². The van der Waals surface area contributed by atoms with Gasteiger partial charge in [-0.05, 0) is 18.7 Å². The molecular formula is C11H18N4. The van der Waals surface area contributed by atoms with Crippen molar-refractivity contribution in [3.8, 4) is 0 Å². The first-order valence-corrected chi connectivity index (χ1v) is 5.49. The molecule has 2 N–H and O–H groups in total. The van der Waals surface area contributed by atoms with Gasteiger partial charge in [0.05, 0.1) is 5.69 Å². The fourth-order valence-electron chi connectivity index (χ4n) is 1.98. The third-order valence-corrected chi connectivity index (χ3v) is 2.98. The van der Waals surface area contributed by atoms with Gasteiger partial charge in [-0.15, -0.1) is 0 Å². The first kappa shape index (κ1) is 10.2. The minimum atomic E-state index is 0.641. The zero-order valence-corrected chi connectivity index (χ0v) is 9.19. The van der Waals surface area contributed by atoms with Crippen molar-refractivity contribution in [2.24, 2.45) is 0 Å². The van der Waals surface area contributed by atoms with Crippen LogP contribution in [0.25, 0.3) is 0 Å². The van der Waals surface area contributed by atoms with Gasteiger partial charge in [-0.2, -0.15) is 0 Å². The molecule has 0 aliphatic carbocycles. The number of nitrogen functional groups attached to an aromatic ring is 1. The number of nitrogens with two attached hydrogens (primary N) is 1. The number of hydrogen-bond acceptors (Lipinski definition) is 4. The van der Waals surface area contributed by atoms with Gasteiger partial charge in [-0.3, -0.25) is 0 Å². The molecule has 1 aromatic rings. The Hall–Kier alpha value is -1.29. The standard InChI is InChI=1S/C11H18N4/c1-2-14-6-8-15(9-7-14)10-4-3-5-13-11(10)12/h3-5H,2,6-9H2,1H3,(H2,12,13). The van der Waals surface area contributed by atoms with Gasteiger partial charge in [0, 0.05) is 32.4 Å². The van der Waals surface area contributed by atoms with E-state index in [2.05, 4.69) is 21.7 Å². The Bertz CT molecular complexity index is 318. The summed E-state index contributed by atoms with van der Waals surface area (Å²) < 4.78 is 0. The van der Waals surface area contributed by atoms with Crippen LogP contribution in [0.4, 0.5) is 11.5 Å². The number of pyridine rings is 1. The van der Waals surface area contributed by atoms with Crippen molar-refractivity contribution < 1.29 is 0 Å². The Labute approximate surface area is 90.7 Å². The van der Waals surface area contributed by atoms with Gasteiger partial charge in [-0.25, -0.2) is 4.98 Å². The molecule has 4 nitrogen and oxygen atoms in total. The van der Waals surface area contributed by atoms with Crippen molar-refractivity contribution in [1.82, 2.24) is 9.88 Å². The molecule has 1 aromatic heterocycles. The van der Waals surface area contributed by atoms with Gasteiger partial charge in [0.1, 0.15) is 5.82 Å². The van der Waals surface area contributed by atoms with E-state index >= 15 is 0 Å². The Morgan fingerprint density at radius 2 is 2.07 bits per heavy atom. The summed E-state index contributed by atoms with van der Waals surface area (Å²) in [7, 11) is 0. The van der Waals surface area contributed by atoms with E-state index in [0.717, 1.165) is 38.4 Å². The predicted octanol–water partition coefficient (Wildman–Crippen LogP) is 0.806. The third-order valence-electron chi connectivity index (χ3n) is 2.98. The van der Waals surface area contributed by atoms with E-state index in [1.54, 1.807) is 6.20 Å². The van der Waals surface area contributed by atoms with Crippen LogP contribution in [0, 0.1) is 0 Å². The van der Waals surface area contributed by atoms with Gasteiger partial charge in [0.15, 0.2) is 0 Å². The highest BCUT2D eigenvalue weighted by Crippen LogP contribution is 2.21. The minimum Gasteiger partial charge on any atom is -0.382 e. The zero-order chi connectivity index (χ0) is 10.7. The third kappa shape index (κ3) is 2.21. The van der Waals surface area contributed by atoms with E-state index in [9.17, 15) is 0 Å². The molecule has 0 unspecified atom stereocenters. The van der Waals surface area contributed by atoms with Crippen molar-refractivity contribution in [1.29, 1.82) is 0 Å². The van der Waals surface area contributed by atoms with Crippen LogP contribution in [0.3, 0.4) is 0 Å². The number of aromatic nitrogens is 1. The molecule has 4 heteroatoms. The average molecular weight is 206 g/mol. The smallest absolute Gasteiger partial charge is 0.146 e. The summed E-state index contributed by atoms with van der Waals surface area (Å²) in [5, 5.41) is 0. The molecule has 15 heavy (non-hydrogen) atoms. The van der Waals surface area contributed by atoms with E-state index in [4.69, 9.17) is 5.73 Å². The number of rotatable bonds is 2. The molecule has 0 atom stereocenters. The number of likely N-dealkylation sites (N-methyl/N-ethyl adjacent to an activating group) is 1. The Morgan fingerprint density at radius 3 is 2.67 bits per heavy atom. The summed E-state index contributed by atoms with van der Waals surface area (Å²) in [4.78, 5) is 8.88. The number of hydrogen-bond donors (Lipinski definition) is 1. The van der Waals surface area contributed by atoms with Crippen LogP contribution in [0.2, 0.25) is 0 Å². The van der Waals surface area contributed by atoms with E-state index in [1.165, 1.54) is 0 Å². The normalized spacial score (nSPS) is 18.1. The molecule has 0 saturated carbocycles. The molecule has 1 aliphatic heterocycles. The molecule has 1 saturated heterocycles. The van der Waals surface area contributed by atoms with Gasteiger partial charge < -0.3 is 15.5 Å². The molecule has 2 heterocycles. The largest absolute Gasteiger partial charge is 0.382 e. The van der Waals surface area contributed by atoms with Crippen molar-refractivity contribution in [2.75, 3.05) is 43.4 Å². The summed E-state index contributed by atoms with van der Waals surface area (Å²) in [6.07, 6.45) is 1.74. The Kier molecular flexibility index (Phi) is 3.06. The zero-order valence-electron chi connectivity index (χ0n) is 9.19. The van der Waals surface area contributed by atoms with Crippen LogP contribution in [-0.2, 0) is 0 Å². The number of nitrogens with zero attached hydrogens (tertiary/aromatic N) is 3. The lowest BCUT2D eigenvalue weighted by Crippen LogP contribution is -2.46. The van der Waals surface area contributed by atoms with E-state index in [1.807, 2.05) is 12.1 Å². The topological polar surface area (TPSA) is 45.4 Å². The van der Waals surface area contributed by atoms with Gasteiger partial charge >= 0.3 is 0 Å². The van der Waals surface area contributed by atoms with Crippen LogP contribution < -0.4 is 10.6 Å². The van der Waals surface area contributed by atoms with E-state index < -0.39 is 0 Å². The monoisotopic (exact) mass is 206 g/mol. The van der Waals surface area contributed by atoms with Crippen LogP contribution in [-0.4, -0.2) is 42.6 Å². The predicted molar refractivity (Wildman–Crippen MR) is 63.0 cm³/mol. The quantitative estimate of drug-likeness (QED) is 0.777. The van der Waals surface area contributed by atoms with Crippen molar-refractivity contribution in [3.63, 3.8) is 0 Å². The fraction of sp³-hybridized carbons (Fsp3) is 0.545. The lowest BCUT2D eigenvalue weighted by atomic mass is 10.2. The minimum absolute atomic E-state index is 0.641. The second-order valence-corrected chi connectivity index (χ2v) is 3.83. The fourth-order valence-corrected chi connectivity index (χ4v) is 1.98. The van der Waals surface area contributed by atoms with Crippen molar-refractivity contribution in [2.45, 2.75) is 6.92 Å². The molecular weight excluding hydrogens is 188 g/mol. The summed E-state index contributed by atoms with van der Waals surface area (Å²) >= 11 is 0. The van der Waals surface area contributed by atoms with Crippen molar-refractivity contribution >= 4 is 11.5 Å². The Balaban J connectivity index is 2.04. The van der Waals surface area contributed by atoms with Gasteiger partial charge in [-0.1, -0.05) is 6.92 Å². The van der Waals surface area contributed by atoms with Crippen LogP contribution in [0.15, 0.2) is 18.3 Å². The molecule has 82 valence electrons. The van der Waals surface area contributed by atoms with Crippen LogP contribution in [0.1, 0.15) is 6.92 Å². The lowest BCUT2D eigenvalue weighted by Gasteiger charge is -2.35. The first-order chi connectivity index (χ1) is 7.31. The highest BCUT2D eigenvalue weighted by Gasteiger charge is 2.17. The molecule has 0 bridgehead atoms. The van der Waals surface area contributed by atoms with E-state index in [-0.39, 0.29) is 0 Å². The second kappa shape index (κ2) is 4.49. The lowest BCUT2D eigenvalue weighted by molar-refractivity contribution is 0.271. The average Bonchev–Trinajstić information content (AvgIpc) is 2.30. The van der Waals surface area contributed by atoms with Gasteiger partial charge in [0.2, 0.25) is 0 Å². The second-order valence-electron chi connectivity index (χ2n) is 3.83. The molecule has 0 radical (unpaired) electrons. The summed E-state index contributed by atoms with van der Waals surface area (Å²) in [5.74, 6) is 0.641. The highest BCUT2D eigenvalue weighted by molar-refractivity contribution is 5.63. The molecule has 1 aliphatic rings. The summed E-state index contributed by atoms with van der Waals surface area (Å²) in [6.45, 7) is 7.66.